The lowest BCUT2D eigenvalue weighted by Crippen LogP contribution is -2.39. The predicted molar refractivity (Wildman–Crippen MR) is 51.4 cm³/mol. The van der Waals surface area contributed by atoms with Gasteiger partial charge in [-0.2, -0.15) is 5.26 Å². The minimum Gasteiger partial charge on any atom is -0.466 e. The monoisotopic (exact) mass is 196 g/mol. The molecule has 1 saturated heterocycles. The van der Waals surface area contributed by atoms with Crippen LogP contribution in [0, 0.1) is 17.2 Å². The summed E-state index contributed by atoms with van der Waals surface area (Å²) in [4.78, 5) is 13.4. The van der Waals surface area contributed by atoms with Crippen molar-refractivity contribution in [2.75, 3.05) is 26.2 Å². The fourth-order valence-corrected chi connectivity index (χ4v) is 1.75. The zero-order valence-corrected chi connectivity index (χ0v) is 8.53. The summed E-state index contributed by atoms with van der Waals surface area (Å²) in [6.45, 7) is 4.26. The molecule has 1 rings (SSSR count). The SMILES string of the molecule is CCOC(=O)[C@@H]1CCCN(CC#N)C1. The third-order valence-electron chi connectivity index (χ3n) is 2.42. The van der Waals surface area contributed by atoms with Crippen molar-refractivity contribution < 1.29 is 9.53 Å². The third-order valence-corrected chi connectivity index (χ3v) is 2.42. The maximum absolute atomic E-state index is 11.4. The molecule has 1 aliphatic rings. The zero-order chi connectivity index (χ0) is 10.4. The molecule has 0 N–H and O–H groups in total. The number of nitriles is 1. The fraction of sp³-hybridized carbons (Fsp3) is 0.800. The van der Waals surface area contributed by atoms with Crippen molar-refractivity contribution in [3.63, 3.8) is 0 Å². The molecule has 1 aliphatic heterocycles. The second kappa shape index (κ2) is 5.61. The van der Waals surface area contributed by atoms with Crippen LogP contribution in [0.15, 0.2) is 0 Å². The molecule has 14 heavy (non-hydrogen) atoms. The highest BCUT2D eigenvalue weighted by Crippen LogP contribution is 2.17. The highest BCUT2D eigenvalue weighted by molar-refractivity contribution is 5.72. The smallest absolute Gasteiger partial charge is 0.310 e. The molecule has 4 heteroatoms. The lowest BCUT2D eigenvalue weighted by Gasteiger charge is -2.29. The van der Waals surface area contributed by atoms with Gasteiger partial charge in [-0.15, -0.1) is 0 Å². The van der Waals surface area contributed by atoms with E-state index in [1.54, 1.807) is 0 Å². The Morgan fingerprint density at radius 3 is 3.14 bits per heavy atom. The average molecular weight is 196 g/mol. The Bertz CT molecular complexity index is 235. The van der Waals surface area contributed by atoms with E-state index in [9.17, 15) is 4.79 Å². The molecule has 0 aromatic carbocycles. The highest BCUT2D eigenvalue weighted by atomic mass is 16.5. The van der Waals surface area contributed by atoms with Crippen molar-refractivity contribution in [3.05, 3.63) is 0 Å². The van der Waals surface area contributed by atoms with Crippen molar-refractivity contribution in [1.29, 1.82) is 5.26 Å². The lowest BCUT2D eigenvalue weighted by molar-refractivity contribution is -0.149. The number of rotatable bonds is 3. The molecule has 78 valence electrons. The van der Waals surface area contributed by atoms with E-state index >= 15 is 0 Å². The van der Waals surface area contributed by atoms with E-state index in [0.29, 0.717) is 19.7 Å². The molecule has 0 spiro atoms. The number of nitrogens with zero attached hydrogens (tertiary/aromatic N) is 2. The minimum atomic E-state index is -0.116. The summed E-state index contributed by atoms with van der Waals surface area (Å²) in [6.07, 6.45) is 1.87. The molecule has 0 bridgehead atoms. The summed E-state index contributed by atoms with van der Waals surface area (Å²) in [6, 6.07) is 2.10. The summed E-state index contributed by atoms with van der Waals surface area (Å²) >= 11 is 0. The Hall–Kier alpha value is -1.08. The fourth-order valence-electron chi connectivity index (χ4n) is 1.75. The molecule has 1 heterocycles. The predicted octanol–water partition coefficient (Wildman–Crippen LogP) is 0.785. The van der Waals surface area contributed by atoms with Crippen LogP contribution in [0.4, 0.5) is 0 Å². The molecule has 0 aliphatic carbocycles. The standard InChI is InChI=1S/C10H16N2O2/c1-2-14-10(13)9-4-3-6-12(8-9)7-5-11/h9H,2-4,6-8H2,1H3/t9-/m1/s1. The lowest BCUT2D eigenvalue weighted by atomic mass is 9.98. The van der Waals surface area contributed by atoms with Crippen LogP contribution < -0.4 is 0 Å². The van der Waals surface area contributed by atoms with Gasteiger partial charge in [0.05, 0.1) is 25.1 Å². The van der Waals surface area contributed by atoms with Crippen LogP contribution in [0.5, 0.6) is 0 Å². The number of hydrogen-bond acceptors (Lipinski definition) is 4. The van der Waals surface area contributed by atoms with Crippen LogP contribution in [0.1, 0.15) is 19.8 Å². The van der Waals surface area contributed by atoms with Crippen molar-refractivity contribution in [1.82, 2.24) is 4.90 Å². The summed E-state index contributed by atoms with van der Waals surface area (Å²) < 4.78 is 4.96. The van der Waals surface area contributed by atoms with Gasteiger partial charge >= 0.3 is 5.97 Å². The molecule has 0 aromatic heterocycles. The maximum atomic E-state index is 11.4. The van der Waals surface area contributed by atoms with E-state index in [4.69, 9.17) is 10.00 Å². The first-order valence-electron chi connectivity index (χ1n) is 5.04. The van der Waals surface area contributed by atoms with Gasteiger partial charge in [0.25, 0.3) is 0 Å². The molecular formula is C10H16N2O2. The number of carbonyl (C=O) groups excluding carboxylic acids is 1. The first kappa shape index (κ1) is 11.0. The Balaban J connectivity index is 2.40. The van der Waals surface area contributed by atoms with Crippen molar-refractivity contribution in [3.8, 4) is 6.07 Å². The second-order valence-electron chi connectivity index (χ2n) is 3.48. The van der Waals surface area contributed by atoms with E-state index in [0.717, 1.165) is 19.4 Å². The number of ether oxygens (including phenoxy) is 1. The van der Waals surface area contributed by atoms with Crippen LogP contribution in [-0.4, -0.2) is 37.1 Å². The van der Waals surface area contributed by atoms with Crippen LogP contribution in [0.3, 0.4) is 0 Å². The van der Waals surface area contributed by atoms with Crippen molar-refractivity contribution in [2.24, 2.45) is 5.92 Å². The van der Waals surface area contributed by atoms with Gasteiger partial charge in [-0.3, -0.25) is 9.69 Å². The number of likely N-dealkylation sites (tertiary alicyclic amines) is 1. The van der Waals surface area contributed by atoms with E-state index in [1.165, 1.54) is 0 Å². The summed E-state index contributed by atoms with van der Waals surface area (Å²) in [5.41, 5.74) is 0. The van der Waals surface area contributed by atoms with Gasteiger partial charge in [-0.1, -0.05) is 0 Å². The Labute approximate surface area is 84.4 Å². The number of piperidine rings is 1. The van der Waals surface area contributed by atoms with Gasteiger partial charge in [-0.25, -0.2) is 0 Å². The van der Waals surface area contributed by atoms with Crippen molar-refractivity contribution in [2.45, 2.75) is 19.8 Å². The molecule has 1 atom stereocenters. The topological polar surface area (TPSA) is 53.3 Å². The van der Waals surface area contributed by atoms with Gasteiger partial charge in [-0.05, 0) is 26.3 Å². The largest absolute Gasteiger partial charge is 0.466 e. The third kappa shape index (κ3) is 3.00. The Kier molecular flexibility index (Phi) is 4.41. The van der Waals surface area contributed by atoms with Crippen LogP contribution in [0.2, 0.25) is 0 Å². The molecule has 0 amide bonds. The average Bonchev–Trinajstić information content (AvgIpc) is 2.19. The van der Waals surface area contributed by atoms with Gasteiger partial charge < -0.3 is 4.74 Å². The summed E-state index contributed by atoms with van der Waals surface area (Å²) in [5, 5.41) is 8.54. The summed E-state index contributed by atoms with van der Waals surface area (Å²) in [5.74, 6) is -0.146. The van der Waals surface area contributed by atoms with Crippen molar-refractivity contribution >= 4 is 5.97 Å². The highest BCUT2D eigenvalue weighted by Gasteiger charge is 2.26. The number of carbonyl (C=O) groups is 1. The van der Waals surface area contributed by atoms with Crippen LogP contribution in [-0.2, 0) is 9.53 Å². The van der Waals surface area contributed by atoms with E-state index in [1.807, 2.05) is 11.8 Å². The van der Waals surface area contributed by atoms with E-state index in [-0.39, 0.29) is 11.9 Å². The minimum absolute atomic E-state index is 0.0305. The Morgan fingerprint density at radius 2 is 2.50 bits per heavy atom. The first-order chi connectivity index (χ1) is 6.77. The molecular weight excluding hydrogens is 180 g/mol. The maximum Gasteiger partial charge on any atom is 0.310 e. The van der Waals surface area contributed by atoms with Crippen LogP contribution >= 0.6 is 0 Å². The molecule has 4 nitrogen and oxygen atoms in total. The molecule has 0 aromatic rings. The Morgan fingerprint density at radius 1 is 1.71 bits per heavy atom. The quantitative estimate of drug-likeness (QED) is 0.494. The molecule has 0 saturated carbocycles. The molecule has 1 fully saturated rings. The number of esters is 1. The van der Waals surface area contributed by atoms with Crippen LogP contribution in [0.25, 0.3) is 0 Å². The number of hydrogen-bond donors (Lipinski definition) is 0. The zero-order valence-electron chi connectivity index (χ0n) is 8.53. The van der Waals surface area contributed by atoms with E-state index < -0.39 is 0 Å². The normalized spacial score (nSPS) is 22.7. The molecule has 0 unspecified atom stereocenters. The van der Waals surface area contributed by atoms with Gasteiger partial charge in [0.15, 0.2) is 0 Å². The second-order valence-corrected chi connectivity index (χ2v) is 3.48. The van der Waals surface area contributed by atoms with Gasteiger partial charge in [0.1, 0.15) is 0 Å². The van der Waals surface area contributed by atoms with Gasteiger partial charge in [0.2, 0.25) is 0 Å². The first-order valence-corrected chi connectivity index (χ1v) is 5.04. The van der Waals surface area contributed by atoms with E-state index in [2.05, 4.69) is 6.07 Å². The van der Waals surface area contributed by atoms with Gasteiger partial charge in [0, 0.05) is 6.54 Å². The summed E-state index contributed by atoms with van der Waals surface area (Å²) in [7, 11) is 0. The molecule has 0 radical (unpaired) electrons.